The van der Waals surface area contributed by atoms with Crippen molar-refractivity contribution in [3.05, 3.63) is 102 Å². The van der Waals surface area contributed by atoms with Gasteiger partial charge in [0.2, 0.25) is 10.0 Å². The van der Waals surface area contributed by atoms with Gasteiger partial charge in [-0.1, -0.05) is 48.5 Å². The zero-order valence-corrected chi connectivity index (χ0v) is 20.6. The van der Waals surface area contributed by atoms with Crippen LogP contribution in [0.25, 0.3) is 17.2 Å². The summed E-state index contributed by atoms with van der Waals surface area (Å²) in [6, 6.07) is 17.4. The average Bonchev–Trinajstić information content (AvgIpc) is 3.39. The molecule has 0 bridgehead atoms. The molecule has 1 amide bonds. The van der Waals surface area contributed by atoms with Crippen LogP contribution >= 0.6 is 0 Å². The van der Waals surface area contributed by atoms with Crippen LogP contribution in [0.5, 0.6) is 0 Å². The second-order valence-corrected chi connectivity index (χ2v) is 10.4. The van der Waals surface area contributed by atoms with Crippen molar-refractivity contribution < 1.29 is 23.2 Å². The summed E-state index contributed by atoms with van der Waals surface area (Å²) in [6.07, 6.45) is 6.83. The molecule has 0 aliphatic carbocycles. The molecule has 1 atom stereocenters. The zero-order valence-electron chi connectivity index (χ0n) is 19.8. The van der Waals surface area contributed by atoms with E-state index >= 15 is 0 Å². The summed E-state index contributed by atoms with van der Waals surface area (Å²) in [7, 11) is -3.90. The molecule has 8 nitrogen and oxygen atoms in total. The Balaban J connectivity index is 1.71. The average molecular weight is 508 g/mol. The molecule has 0 saturated carbocycles. The van der Waals surface area contributed by atoms with Gasteiger partial charge in [-0.25, -0.2) is 13.9 Å². The van der Waals surface area contributed by atoms with Gasteiger partial charge >= 0.3 is 0 Å². The normalized spacial score (nSPS) is 15.6. The number of amides is 1. The van der Waals surface area contributed by atoms with Gasteiger partial charge in [-0.2, -0.15) is 0 Å². The van der Waals surface area contributed by atoms with Crippen molar-refractivity contribution in [3.8, 4) is 11.1 Å². The smallest absolute Gasteiger partial charge is 0.267 e. The van der Waals surface area contributed by atoms with E-state index in [1.165, 1.54) is 30.0 Å². The quantitative estimate of drug-likeness (QED) is 0.199. The van der Waals surface area contributed by atoms with Crippen molar-refractivity contribution in [2.75, 3.05) is 26.3 Å². The molecule has 1 aromatic heterocycles. The predicted octanol–water partition coefficient (Wildman–Crippen LogP) is 3.61. The number of rotatable bonds is 9. The first kappa shape index (κ1) is 25.6. The third-order valence-electron chi connectivity index (χ3n) is 6.11. The van der Waals surface area contributed by atoms with Crippen LogP contribution < -0.4 is 5.48 Å². The fraction of sp³-hybridized carbons (Fsp3) is 0.222. The van der Waals surface area contributed by atoms with E-state index in [1.54, 1.807) is 6.07 Å². The SMILES string of the molecule is C=CC(c1ccc(-c2ccccc2)cc1CN1CCOCC1)S(=O)(=O)n1ccc(/C=C/C(=O)NO)c1. The predicted molar refractivity (Wildman–Crippen MR) is 139 cm³/mol. The highest BCUT2D eigenvalue weighted by Crippen LogP contribution is 2.33. The number of aromatic nitrogens is 1. The molecule has 2 aromatic carbocycles. The van der Waals surface area contributed by atoms with Gasteiger partial charge in [-0.05, 0) is 46.0 Å². The Bertz CT molecular complexity index is 1340. The maximum atomic E-state index is 13.7. The summed E-state index contributed by atoms with van der Waals surface area (Å²) in [5, 5.41) is 7.66. The lowest BCUT2D eigenvalue weighted by Gasteiger charge is -2.28. The first-order valence-corrected chi connectivity index (χ1v) is 13.1. The fourth-order valence-electron chi connectivity index (χ4n) is 4.23. The van der Waals surface area contributed by atoms with E-state index < -0.39 is 21.2 Å². The number of morpholine rings is 1. The largest absolute Gasteiger partial charge is 0.379 e. The molecule has 188 valence electrons. The van der Waals surface area contributed by atoms with Crippen LogP contribution in [0.2, 0.25) is 0 Å². The molecule has 2 heterocycles. The molecule has 1 fully saturated rings. The van der Waals surface area contributed by atoms with Gasteiger partial charge in [-0.3, -0.25) is 18.9 Å². The fourth-order valence-corrected chi connectivity index (χ4v) is 5.78. The summed E-state index contributed by atoms with van der Waals surface area (Å²) in [6.45, 7) is 7.28. The van der Waals surface area contributed by atoms with Crippen LogP contribution in [0.3, 0.4) is 0 Å². The number of nitrogens with zero attached hydrogens (tertiary/aromatic N) is 2. The summed E-state index contributed by atoms with van der Waals surface area (Å²) < 4.78 is 34.0. The minimum absolute atomic E-state index is 0.498. The van der Waals surface area contributed by atoms with Crippen LogP contribution in [0.1, 0.15) is 21.9 Å². The van der Waals surface area contributed by atoms with Gasteiger partial charge in [0.1, 0.15) is 5.25 Å². The summed E-state index contributed by atoms with van der Waals surface area (Å²) in [5.74, 6) is -0.708. The molecule has 1 unspecified atom stereocenters. The first-order valence-electron chi connectivity index (χ1n) is 11.6. The molecule has 2 N–H and O–H groups in total. The van der Waals surface area contributed by atoms with E-state index in [4.69, 9.17) is 9.94 Å². The molecule has 3 aromatic rings. The molecule has 0 radical (unpaired) electrons. The molecule has 1 aliphatic rings. The standard InChI is InChI=1S/C27H29N3O5S/c1-2-26(36(33,34)30-13-12-21(19-30)8-11-27(31)28-32)25-10-9-23(22-6-4-3-5-7-22)18-24(25)20-29-14-16-35-17-15-29/h2-13,18-19,26,32H,1,14-17,20H2,(H,28,31)/b11-8+. The van der Waals surface area contributed by atoms with Gasteiger partial charge in [0, 0.05) is 38.1 Å². The Morgan fingerprint density at radius 1 is 1.11 bits per heavy atom. The Morgan fingerprint density at radius 3 is 2.56 bits per heavy atom. The van der Waals surface area contributed by atoms with Gasteiger partial charge in [0.15, 0.2) is 0 Å². The van der Waals surface area contributed by atoms with Crippen molar-refractivity contribution in [1.82, 2.24) is 14.4 Å². The molecular weight excluding hydrogens is 478 g/mol. The minimum atomic E-state index is -3.90. The minimum Gasteiger partial charge on any atom is -0.379 e. The van der Waals surface area contributed by atoms with Crippen molar-refractivity contribution in [1.29, 1.82) is 0 Å². The molecule has 1 saturated heterocycles. The summed E-state index contributed by atoms with van der Waals surface area (Å²) >= 11 is 0. The summed E-state index contributed by atoms with van der Waals surface area (Å²) in [5.41, 5.74) is 5.65. The van der Waals surface area contributed by atoms with Gasteiger partial charge in [0.05, 0.1) is 13.2 Å². The van der Waals surface area contributed by atoms with Crippen LogP contribution in [0, 0.1) is 0 Å². The number of hydrogen-bond acceptors (Lipinski definition) is 6. The zero-order chi connectivity index (χ0) is 25.5. The molecule has 1 aliphatic heterocycles. The molecule has 4 rings (SSSR count). The lowest BCUT2D eigenvalue weighted by Crippen LogP contribution is -2.36. The third kappa shape index (κ3) is 5.83. The van der Waals surface area contributed by atoms with E-state index in [9.17, 15) is 13.2 Å². The number of benzene rings is 2. The lowest BCUT2D eigenvalue weighted by molar-refractivity contribution is -0.124. The maximum Gasteiger partial charge on any atom is 0.267 e. The van der Waals surface area contributed by atoms with Gasteiger partial charge in [0.25, 0.3) is 5.91 Å². The topological polar surface area (TPSA) is 101 Å². The van der Waals surface area contributed by atoms with E-state index in [0.29, 0.717) is 30.9 Å². The third-order valence-corrected chi connectivity index (χ3v) is 8.01. The van der Waals surface area contributed by atoms with E-state index in [1.807, 2.05) is 42.5 Å². The van der Waals surface area contributed by atoms with Crippen LogP contribution in [-0.4, -0.2) is 54.7 Å². The van der Waals surface area contributed by atoms with Crippen LogP contribution in [-0.2, 0) is 26.1 Å². The molecule has 36 heavy (non-hydrogen) atoms. The monoisotopic (exact) mass is 507 g/mol. The molecular formula is C27H29N3O5S. The number of nitrogens with one attached hydrogen (secondary N) is 1. The Kier molecular flexibility index (Phi) is 8.17. The highest BCUT2D eigenvalue weighted by atomic mass is 32.2. The van der Waals surface area contributed by atoms with Crippen molar-refractivity contribution >= 4 is 22.0 Å². The lowest BCUT2D eigenvalue weighted by atomic mass is 9.96. The number of ether oxygens (including phenoxy) is 1. The van der Waals surface area contributed by atoms with Gasteiger partial charge in [-0.15, -0.1) is 6.58 Å². The molecule has 0 spiro atoms. The van der Waals surface area contributed by atoms with Gasteiger partial charge < -0.3 is 4.74 Å². The highest BCUT2D eigenvalue weighted by Gasteiger charge is 2.29. The highest BCUT2D eigenvalue weighted by molar-refractivity contribution is 7.90. The maximum absolute atomic E-state index is 13.7. The van der Waals surface area contributed by atoms with E-state index in [-0.39, 0.29) is 0 Å². The number of carbonyl (C=O) groups excluding carboxylic acids is 1. The van der Waals surface area contributed by atoms with Crippen molar-refractivity contribution in [3.63, 3.8) is 0 Å². The van der Waals surface area contributed by atoms with Crippen molar-refractivity contribution in [2.24, 2.45) is 0 Å². The van der Waals surface area contributed by atoms with Crippen molar-refractivity contribution in [2.45, 2.75) is 11.8 Å². The Morgan fingerprint density at radius 2 is 1.86 bits per heavy atom. The number of hydroxylamine groups is 1. The summed E-state index contributed by atoms with van der Waals surface area (Å²) in [4.78, 5) is 13.5. The number of carbonyl (C=O) groups is 1. The van der Waals surface area contributed by atoms with E-state index in [2.05, 4.69) is 17.5 Å². The second kappa shape index (κ2) is 11.5. The second-order valence-electron chi connectivity index (χ2n) is 8.45. The van der Waals surface area contributed by atoms with Crippen LogP contribution in [0.15, 0.2) is 85.7 Å². The Hall–Kier alpha value is -3.50. The van der Waals surface area contributed by atoms with E-state index in [0.717, 1.165) is 39.8 Å². The Labute approximate surface area is 211 Å². The first-order chi connectivity index (χ1) is 17.4. The number of hydrogen-bond donors (Lipinski definition) is 2. The molecule has 9 heteroatoms. The van der Waals surface area contributed by atoms with Crippen LogP contribution in [0.4, 0.5) is 0 Å².